The van der Waals surface area contributed by atoms with Gasteiger partial charge in [-0.25, -0.2) is 0 Å². The molecule has 2 rings (SSSR count). The SMILES string of the molecule is CC(C)c1cccc(NC(=O)c2cc(N)c(Cl)c(Cl)c2)c1. The summed E-state index contributed by atoms with van der Waals surface area (Å²) in [5.41, 5.74) is 8.26. The van der Waals surface area contributed by atoms with Gasteiger partial charge in [-0.2, -0.15) is 0 Å². The quantitative estimate of drug-likeness (QED) is 0.785. The molecule has 0 aromatic heterocycles. The number of anilines is 2. The van der Waals surface area contributed by atoms with Gasteiger partial charge in [0.05, 0.1) is 15.7 Å². The number of hydrogen-bond acceptors (Lipinski definition) is 2. The fraction of sp³-hybridized carbons (Fsp3) is 0.188. The highest BCUT2D eigenvalue weighted by Crippen LogP contribution is 2.29. The predicted molar refractivity (Wildman–Crippen MR) is 89.4 cm³/mol. The van der Waals surface area contributed by atoms with Crippen LogP contribution in [-0.4, -0.2) is 5.91 Å². The lowest BCUT2D eigenvalue weighted by Crippen LogP contribution is -2.12. The highest BCUT2D eigenvalue weighted by atomic mass is 35.5. The van der Waals surface area contributed by atoms with E-state index in [1.165, 1.54) is 12.1 Å². The Morgan fingerprint density at radius 1 is 1.19 bits per heavy atom. The van der Waals surface area contributed by atoms with Crippen LogP contribution in [0, 0.1) is 0 Å². The zero-order chi connectivity index (χ0) is 15.6. The number of amides is 1. The second-order valence-corrected chi connectivity index (χ2v) is 5.88. The molecule has 2 aromatic rings. The van der Waals surface area contributed by atoms with Crippen LogP contribution in [0.4, 0.5) is 11.4 Å². The molecule has 0 unspecified atom stereocenters. The number of nitrogen functional groups attached to an aromatic ring is 1. The average molecular weight is 323 g/mol. The molecule has 1 amide bonds. The molecule has 0 atom stereocenters. The minimum atomic E-state index is -0.277. The summed E-state index contributed by atoms with van der Waals surface area (Å²) in [4.78, 5) is 12.2. The second-order valence-electron chi connectivity index (χ2n) is 5.10. The molecule has 21 heavy (non-hydrogen) atoms. The van der Waals surface area contributed by atoms with Gasteiger partial charge in [-0.3, -0.25) is 4.79 Å². The van der Waals surface area contributed by atoms with E-state index in [-0.39, 0.29) is 21.6 Å². The Morgan fingerprint density at radius 3 is 2.52 bits per heavy atom. The fourth-order valence-electron chi connectivity index (χ4n) is 1.92. The van der Waals surface area contributed by atoms with Crippen LogP contribution in [0.15, 0.2) is 36.4 Å². The third kappa shape index (κ3) is 3.69. The second kappa shape index (κ2) is 6.37. The van der Waals surface area contributed by atoms with Crippen LogP contribution in [-0.2, 0) is 0 Å². The monoisotopic (exact) mass is 322 g/mol. The zero-order valence-electron chi connectivity index (χ0n) is 11.8. The number of nitrogens with one attached hydrogen (secondary N) is 1. The third-order valence-electron chi connectivity index (χ3n) is 3.13. The van der Waals surface area contributed by atoms with E-state index in [0.717, 1.165) is 11.3 Å². The minimum Gasteiger partial charge on any atom is -0.397 e. The van der Waals surface area contributed by atoms with E-state index >= 15 is 0 Å². The average Bonchev–Trinajstić information content (AvgIpc) is 2.44. The fourth-order valence-corrected chi connectivity index (χ4v) is 2.26. The Morgan fingerprint density at radius 2 is 1.90 bits per heavy atom. The van der Waals surface area contributed by atoms with Crippen molar-refractivity contribution >= 4 is 40.5 Å². The first-order valence-electron chi connectivity index (χ1n) is 6.54. The van der Waals surface area contributed by atoms with Crippen LogP contribution in [0.3, 0.4) is 0 Å². The van der Waals surface area contributed by atoms with Crippen LogP contribution < -0.4 is 11.1 Å². The number of rotatable bonds is 3. The number of halogens is 2. The Balaban J connectivity index is 2.24. The Hall–Kier alpha value is -1.71. The van der Waals surface area contributed by atoms with E-state index in [2.05, 4.69) is 19.2 Å². The first-order chi connectivity index (χ1) is 9.88. The Labute approximate surface area is 134 Å². The molecule has 0 aliphatic heterocycles. The van der Waals surface area contributed by atoms with Gasteiger partial charge in [-0.1, -0.05) is 49.2 Å². The van der Waals surface area contributed by atoms with E-state index < -0.39 is 0 Å². The van der Waals surface area contributed by atoms with Gasteiger partial charge in [0.2, 0.25) is 0 Å². The molecule has 3 N–H and O–H groups in total. The third-order valence-corrected chi connectivity index (χ3v) is 3.95. The number of benzene rings is 2. The molecule has 3 nitrogen and oxygen atoms in total. The molecule has 0 radical (unpaired) electrons. The van der Waals surface area contributed by atoms with Crippen molar-refractivity contribution in [3.8, 4) is 0 Å². The lowest BCUT2D eigenvalue weighted by Gasteiger charge is -2.10. The van der Waals surface area contributed by atoms with Crippen molar-refractivity contribution in [2.75, 3.05) is 11.1 Å². The van der Waals surface area contributed by atoms with Crippen LogP contribution in [0.25, 0.3) is 0 Å². The van der Waals surface area contributed by atoms with Crippen LogP contribution in [0.2, 0.25) is 10.0 Å². The lowest BCUT2D eigenvalue weighted by atomic mass is 10.0. The molecule has 0 heterocycles. The topological polar surface area (TPSA) is 55.1 Å². The molecule has 0 spiro atoms. The molecule has 5 heteroatoms. The molecule has 0 aliphatic carbocycles. The summed E-state index contributed by atoms with van der Waals surface area (Å²) >= 11 is 11.8. The van der Waals surface area contributed by atoms with Gasteiger partial charge in [0.1, 0.15) is 0 Å². The Bertz CT molecular complexity index is 661. The van der Waals surface area contributed by atoms with Gasteiger partial charge in [-0.05, 0) is 35.7 Å². The maximum absolute atomic E-state index is 12.2. The Kier molecular flexibility index (Phi) is 4.76. The van der Waals surface area contributed by atoms with E-state index in [1.54, 1.807) is 0 Å². The largest absolute Gasteiger partial charge is 0.397 e. The molecule has 0 saturated carbocycles. The summed E-state index contributed by atoms with van der Waals surface area (Å²) in [5.74, 6) is 0.114. The van der Waals surface area contributed by atoms with Gasteiger partial charge in [-0.15, -0.1) is 0 Å². The zero-order valence-corrected chi connectivity index (χ0v) is 13.3. The van der Waals surface area contributed by atoms with Gasteiger partial charge in [0.25, 0.3) is 5.91 Å². The van der Waals surface area contributed by atoms with E-state index in [9.17, 15) is 4.79 Å². The predicted octanol–water partition coefficient (Wildman–Crippen LogP) is 4.95. The molecule has 0 aliphatic rings. The number of carbonyl (C=O) groups is 1. The van der Waals surface area contributed by atoms with Crippen molar-refractivity contribution < 1.29 is 4.79 Å². The minimum absolute atomic E-state index is 0.259. The van der Waals surface area contributed by atoms with Gasteiger partial charge in [0.15, 0.2) is 0 Å². The lowest BCUT2D eigenvalue weighted by molar-refractivity contribution is 0.102. The van der Waals surface area contributed by atoms with Crippen molar-refractivity contribution in [2.45, 2.75) is 19.8 Å². The summed E-state index contributed by atoms with van der Waals surface area (Å²) in [6, 6.07) is 10.7. The summed E-state index contributed by atoms with van der Waals surface area (Å²) < 4.78 is 0. The molecular weight excluding hydrogens is 307 g/mol. The standard InChI is InChI=1S/C16H16Cl2N2O/c1-9(2)10-4-3-5-12(6-10)20-16(21)11-7-13(17)15(18)14(19)8-11/h3-9H,19H2,1-2H3,(H,20,21). The van der Waals surface area contributed by atoms with Crippen LogP contribution >= 0.6 is 23.2 Å². The maximum atomic E-state index is 12.2. The van der Waals surface area contributed by atoms with Crippen LogP contribution in [0.1, 0.15) is 35.7 Å². The number of carbonyl (C=O) groups excluding carboxylic acids is 1. The molecule has 0 bridgehead atoms. The highest BCUT2D eigenvalue weighted by molar-refractivity contribution is 6.44. The molecular formula is C16H16Cl2N2O. The van der Waals surface area contributed by atoms with Crippen LogP contribution in [0.5, 0.6) is 0 Å². The molecule has 2 aromatic carbocycles. The van der Waals surface area contributed by atoms with Crippen molar-refractivity contribution in [2.24, 2.45) is 0 Å². The van der Waals surface area contributed by atoms with Gasteiger partial charge < -0.3 is 11.1 Å². The summed E-state index contributed by atoms with van der Waals surface area (Å²) in [7, 11) is 0. The van der Waals surface area contributed by atoms with Crippen molar-refractivity contribution in [3.63, 3.8) is 0 Å². The van der Waals surface area contributed by atoms with Gasteiger partial charge in [0, 0.05) is 11.3 Å². The molecule has 0 fully saturated rings. The van der Waals surface area contributed by atoms with E-state index in [1.807, 2.05) is 24.3 Å². The summed E-state index contributed by atoms with van der Waals surface area (Å²) in [6.45, 7) is 4.20. The summed E-state index contributed by atoms with van der Waals surface area (Å²) in [5, 5.41) is 3.35. The first-order valence-corrected chi connectivity index (χ1v) is 7.30. The summed E-state index contributed by atoms with van der Waals surface area (Å²) in [6.07, 6.45) is 0. The van der Waals surface area contributed by atoms with E-state index in [0.29, 0.717) is 11.5 Å². The van der Waals surface area contributed by atoms with Crippen molar-refractivity contribution in [1.82, 2.24) is 0 Å². The number of hydrogen-bond donors (Lipinski definition) is 2. The maximum Gasteiger partial charge on any atom is 0.255 e. The normalized spacial score (nSPS) is 10.7. The van der Waals surface area contributed by atoms with Crippen molar-refractivity contribution in [3.05, 3.63) is 57.6 Å². The van der Waals surface area contributed by atoms with Gasteiger partial charge >= 0.3 is 0 Å². The number of nitrogens with two attached hydrogens (primary N) is 1. The highest BCUT2D eigenvalue weighted by Gasteiger charge is 2.12. The smallest absolute Gasteiger partial charge is 0.255 e. The molecule has 110 valence electrons. The first kappa shape index (κ1) is 15.7. The molecule has 0 saturated heterocycles. The van der Waals surface area contributed by atoms with E-state index in [4.69, 9.17) is 28.9 Å². The van der Waals surface area contributed by atoms with Crippen molar-refractivity contribution in [1.29, 1.82) is 0 Å².